The van der Waals surface area contributed by atoms with Gasteiger partial charge in [-0.1, -0.05) is 19.9 Å². The molecule has 1 aliphatic carbocycles. The first-order chi connectivity index (χ1) is 9.06. The SMILES string of the molecule is CC1CC(C)C(CN(C)CCc2cccs2)C(N)C1. The van der Waals surface area contributed by atoms with Gasteiger partial charge in [0.1, 0.15) is 0 Å². The number of nitrogens with zero attached hydrogens (tertiary/aromatic N) is 1. The monoisotopic (exact) mass is 280 g/mol. The van der Waals surface area contributed by atoms with Crippen molar-refractivity contribution >= 4 is 11.3 Å². The van der Waals surface area contributed by atoms with Gasteiger partial charge in [-0.2, -0.15) is 0 Å². The fourth-order valence-electron chi connectivity index (χ4n) is 3.49. The van der Waals surface area contributed by atoms with Crippen LogP contribution in [0, 0.1) is 17.8 Å². The summed E-state index contributed by atoms with van der Waals surface area (Å²) in [6, 6.07) is 4.76. The topological polar surface area (TPSA) is 29.3 Å². The molecule has 1 aromatic heterocycles. The smallest absolute Gasteiger partial charge is 0.00844 e. The molecule has 0 aromatic carbocycles. The number of nitrogens with two attached hydrogens (primary N) is 1. The second-order valence-corrected chi connectivity index (χ2v) is 7.51. The van der Waals surface area contributed by atoms with E-state index in [4.69, 9.17) is 5.73 Å². The molecule has 19 heavy (non-hydrogen) atoms. The van der Waals surface area contributed by atoms with Crippen molar-refractivity contribution in [2.45, 2.75) is 39.2 Å². The summed E-state index contributed by atoms with van der Waals surface area (Å²) < 4.78 is 0. The summed E-state index contributed by atoms with van der Waals surface area (Å²) in [7, 11) is 2.24. The zero-order valence-electron chi connectivity index (χ0n) is 12.5. The molecule has 0 radical (unpaired) electrons. The fraction of sp³-hybridized carbons (Fsp3) is 0.750. The molecule has 1 saturated carbocycles. The first-order valence-corrected chi connectivity index (χ1v) is 8.40. The molecule has 2 rings (SSSR count). The van der Waals surface area contributed by atoms with Gasteiger partial charge in [0.05, 0.1) is 0 Å². The Bertz CT molecular complexity index is 351. The van der Waals surface area contributed by atoms with E-state index in [1.807, 2.05) is 11.3 Å². The molecule has 1 aromatic rings. The maximum Gasteiger partial charge on any atom is 0.00844 e. The van der Waals surface area contributed by atoms with Crippen molar-refractivity contribution in [3.63, 3.8) is 0 Å². The first-order valence-electron chi connectivity index (χ1n) is 7.52. The van der Waals surface area contributed by atoms with Gasteiger partial charge in [-0.15, -0.1) is 11.3 Å². The molecule has 2 N–H and O–H groups in total. The van der Waals surface area contributed by atoms with Crippen LogP contribution in [0.2, 0.25) is 0 Å². The molecular weight excluding hydrogens is 252 g/mol. The van der Waals surface area contributed by atoms with Gasteiger partial charge in [-0.25, -0.2) is 0 Å². The van der Waals surface area contributed by atoms with E-state index < -0.39 is 0 Å². The Morgan fingerprint density at radius 3 is 2.79 bits per heavy atom. The van der Waals surface area contributed by atoms with Crippen molar-refractivity contribution < 1.29 is 0 Å². The normalized spacial score (nSPS) is 31.8. The molecule has 3 heteroatoms. The second-order valence-electron chi connectivity index (χ2n) is 6.47. The highest BCUT2D eigenvalue weighted by Crippen LogP contribution is 2.33. The Morgan fingerprint density at radius 1 is 1.37 bits per heavy atom. The van der Waals surface area contributed by atoms with Crippen LogP contribution in [-0.2, 0) is 6.42 Å². The number of rotatable bonds is 5. The molecule has 1 heterocycles. The summed E-state index contributed by atoms with van der Waals surface area (Å²) in [5.74, 6) is 2.24. The Kier molecular flexibility index (Phi) is 5.43. The third-order valence-electron chi connectivity index (χ3n) is 4.57. The standard InChI is InChI=1S/C16H28N2S/c1-12-9-13(2)15(16(17)10-12)11-18(3)7-6-14-5-4-8-19-14/h4-5,8,12-13,15-16H,6-7,9-11,17H2,1-3H3. The molecule has 0 saturated heterocycles. The summed E-state index contributed by atoms with van der Waals surface area (Å²) >= 11 is 1.86. The summed E-state index contributed by atoms with van der Waals surface area (Å²) in [4.78, 5) is 3.96. The molecule has 2 nitrogen and oxygen atoms in total. The predicted molar refractivity (Wildman–Crippen MR) is 84.5 cm³/mol. The fourth-order valence-corrected chi connectivity index (χ4v) is 4.19. The van der Waals surface area contributed by atoms with Gasteiger partial charge < -0.3 is 10.6 Å². The predicted octanol–water partition coefficient (Wildman–Crippen LogP) is 3.23. The van der Waals surface area contributed by atoms with Gasteiger partial charge in [0, 0.05) is 24.0 Å². The Labute approximate surface area is 122 Å². The van der Waals surface area contributed by atoms with Crippen molar-refractivity contribution in [3.8, 4) is 0 Å². The van der Waals surface area contributed by atoms with Crippen LogP contribution in [0.5, 0.6) is 0 Å². The molecule has 4 atom stereocenters. The molecule has 0 bridgehead atoms. The lowest BCUT2D eigenvalue weighted by Gasteiger charge is -2.39. The Balaban J connectivity index is 1.79. The number of likely N-dealkylation sites (N-methyl/N-ethyl adjacent to an activating group) is 1. The lowest BCUT2D eigenvalue weighted by atomic mass is 9.72. The molecule has 108 valence electrons. The van der Waals surface area contributed by atoms with Crippen LogP contribution in [0.4, 0.5) is 0 Å². The summed E-state index contributed by atoms with van der Waals surface area (Å²) in [6.45, 7) is 7.02. The van der Waals surface area contributed by atoms with E-state index in [9.17, 15) is 0 Å². The molecule has 1 aliphatic rings. The zero-order chi connectivity index (χ0) is 13.8. The second kappa shape index (κ2) is 6.87. The van der Waals surface area contributed by atoms with E-state index in [1.54, 1.807) is 0 Å². The highest BCUT2D eigenvalue weighted by Gasteiger charge is 2.32. The van der Waals surface area contributed by atoms with Crippen LogP contribution in [0.3, 0.4) is 0 Å². The van der Waals surface area contributed by atoms with E-state index in [1.165, 1.54) is 24.1 Å². The Morgan fingerprint density at radius 2 is 2.16 bits per heavy atom. The van der Waals surface area contributed by atoms with Gasteiger partial charge in [-0.05, 0) is 55.5 Å². The maximum atomic E-state index is 6.37. The van der Waals surface area contributed by atoms with Crippen molar-refractivity contribution in [2.24, 2.45) is 23.5 Å². The van der Waals surface area contributed by atoms with Gasteiger partial charge >= 0.3 is 0 Å². The average molecular weight is 280 g/mol. The van der Waals surface area contributed by atoms with E-state index >= 15 is 0 Å². The minimum absolute atomic E-state index is 0.392. The van der Waals surface area contributed by atoms with Crippen LogP contribution in [0.1, 0.15) is 31.6 Å². The van der Waals surface area contributed by atoms with Crippen LogP contribution in [-0.4, -0.2) is 31.1 Å². The van der Waals surface area contributed by atoms with E-state index in [-0.39, 0.29) is 0 Å². The molecule has 0 spiro atoms. The minimum Gasteiger partial charge on any atom is -0.327 e. The van der Waals surface area contributed by atoms with Gasteiger partial charge in [0.2, 0.25) is 0 Å². The minimum atomic E-state index is 0.392. The largest absolute Gasteiger partial charge is 0.327 e. The lowest BCUT2D eigenvalue weighted by Crippen LogP contribution is -2.46. The number of hydrogen-bond acceptors (Lipinski definition) is 3. The summed E-state index contributed by atoms with van der Waals surface area (Å²) in [6.07, 6.45) is 3.71. The highest BCUT2D eigenvalue weighted by molar-refractivity contribution is 7.09. The van der Waals surface area contributed by atoms with E-state index in [2.05, 4.69) is 43.3 Å². The quantitative estimate of drug-likeness (QED) is 0.897. The van der Waals surface area contributed by atoms with Crippen molar-refractivity contribution in [1.82, 2.24) is 4.90 Å². The highest BCUT2D eigenvalue weighted by atomic mass is 32.1. The molecular formula is C16H28N2S. The number of thiophene rings is 1. The third-order valence-corrected chi connectivity index (χ3v) is 5.51. The number of hydrogen-bond donors (Lipinski definition) is 1. The first kappa shape index (κ1) is 15.0. The summed E-state index contributed by atoms with van der Waals surface area (Å²) in [5, 5.41) is 2.16. The Hall–Kier alpha value is -0.380. The van der Waals surface area contributed by atoms with Gasteiger partial charge in [0.15, 0.2) is 0 Å². The molecule has 4 unspecified atom stereocenters. The van der Waals surface area contributed by atoms with Crippen LogP contribution < -0.4 is 5.73 Å². The van der Waals surface area contributed by atoms with E-state index in [0.29, 0.717) is 12.0 Å². The van der Waals surface area contributed by atoms with E-state index in [0.717, 1.165) is 24.9 Å². The lowest BCUT2D eigenvalue weighted by molar-refractivity contribution is 0.131. The molecule has 0 aliphatic heterocycles. The van der Waals surface area contributed by atoms with Crippen LogP contribution in [0.15, 0.2) is 17.5 Å². The van der Waals surface area contributed by atoms with Crippen molar-refractivity contribution in [3.05, 3.63) is 22.4 Å². The molecule has 1 fully saturated rings. The molecule has 0 amide bonds. The van der Waals surface area contributed by atoms with Gasteiger partial charge in [-0.3, -0.25) is 0 Å². The van der Waals surface area contributed by atoms with Crippen LogP contribution in [0.25, 0.3) is 0 Å². The van der Waals surface area contributed by atoms with Crippen molar-refractivity contribution in [2.75, 3.05) is 20.1 Å². The average Bonchev–Trinajstić information content (AvgIpc) is 2.84. The van der Waals surface area contributed by atoms with Crippen molar-refractivity contribution in [1.29, 1.82) is 0 Å². The third kappa shape index (κ3) is 4.30. The van der Waals surface area contributed by atoms with Crippen LogP contribution >= 0.6 is 11.3 Å². The van der Waals surface area contributed by atoms with Gasteiger partial charge in [0.25, 0.3) is 0 Å². The zero-order valence-corrected chi connectivity index (χ0v) is 13.3. The summed E-state index contributed by atoms with van der Waals surface area (Å²) in [5.41, 5.74) is 6.37. The maximum absolute atomic E-state index is 6.37.